The van der Waals surface area contributed by atoms with E-state index in [1.54, 1.807) is 7.11 Å². The van der Waals surface area contributed by atoms with Gasteiger partial charge in [-0.2, -0.15) is 4.98 Å². The van der Waals surface area contributed by atoms with Crippen LogP contribution in [0.15, 0.2) is 0 Å². The lowest BCUT2D eigenvalue weighted by Gasteiger charge is -2.37. The zero-order valence-electron chi connectivity index (χ0n) is 17.0. The topological polar surface area (TPSA) is 71.0 Å². The molecule has 0 aromatic carbocycles. The molecule has 0 atom stereocenters. The predicted molar refractivity (Wildman–Crippen MR) is 107 cm³/mol. The monoisotopic (exact) mass is 389 g/mol. The fourth-order valence-corrected chi connectivity index (χ4v) is 4.20. The number of nitrogens with zero attached hydrogens (tertiary/aromatic N) is 5. The summed E-state index contributed by atoms with van der Waals surface area (Å²) < 4.78 is 10.5. The second kappa shape index (κ2) is 8.61. The van der Waals surface area contributed by atoms with E-state index in [0.29, 0.717) is 13.1 Å². The SMILES string of the molecule is COCC(=O)N1CCc2nc(N3CCOCC3)nc(N3CCC(C)CC3)c2C1. The molecule has 3 aliphatic rings. The van der Waals surface area contributed by atoms with Crippen LogP contribution in [0.5, 0.6) is 0 Å². The predicted octanol–water partition coefficient (Wildman–Crippen LogP) is 1.08. The molecule has 1 aromatic rings. The molecule has 4 rings (SSSR count). The maximum absolute atomic E-state index is 12.4. The number of rotatable bonds is 4. The van der Waals surface area contributed by atoms with Gasteiger partial charge in [-0.3, -0.25) is 4.79 Å². The van der Waals surface area contributed by atoms with Crippen molar-refractivity contribution in [2.75, 3.05) is 69.5 Å². The third kappa shape index (κ3) is 4.07. The molecule has 0 N–H and O–H groups in total. The fraction of sp³-hybridized carbons (Fsp3) is 0.750. The van der Waals surface area contributed by atoms with E-state index in [9.17, 15) is 4.79 Å². The van der Waals surface area contributed by atoms with Gasteiger partial charge in [0.25, 0.3) is 0 Å². The molecule has 0 aliphatic carbocycles. The first-order valence-corrected chi connectivity index (χ1v) is 10.4. The van der Waals surface area contributed by atoms with E-state index in [1.807, 2.05) is 4.90 Å². The Bertz CT molecular complexity index is 699. The summed E-state index contributed by atoms with van der Waals surface area (Å²) >= 11 is 0. The number of aromatic nitrogens is 2. The molecule has 8 heteroatoms. The molecule has 1 amide bonds. The second-order valence-electron chi connectivity index (χ2n) is 8.04. The lowest BCUT2D eigenvalue weighted by atomic mass is 9.98. The summed E-state index contributed by atoms with van der Waals surface area (Å²) in [6.45, 7) is 8.82. The first kappa shape index (κ1) is 19.4. The number of hydrogen-bond acceptors (Lipinski definition) is 7. The van der Waals surface area contributed by atoms with Crippen molar-refractivity contribution in [1.82, 2.24) is 14.9 Å². The number of anilines is 2. The van der Waals surface area contributed by atoms with Crippen molar-refractivity contribution >= 4 is 17.7 Å². The molecule has 0 saturated carbocycles. The molecular weight excluding hydrogens is 358 g/mol. The van der Waals surface area contributed by atoms with Gasteiger partial charge in [0.2, 0.25) is 11.9 Å². The van der Waals surface area contributed by atoms with E-state index in [2.05, 4.69) is 16.7 Å². The number of fused-ring (bicyclic) bond motifs is 1. The standard InChI is InChI=1S/C20H31N5O3/c1-15-3-6-23(7-4-15)19-16-13-25(18(26)14-27-2)8-5-17(16)21-20(22-19)24-9-11-28-12-10-24/h15H,3-14H2,1-2H3. The van der Waals surface area contributed by atoms with Crippen molar-refractivity contribution in [3.05, 3.63) is 11.3 Å². The number of methoxy groups -OCH3 is 1. The summed E-state index contributed by atoms with van der Waals surface area (Å²) in [5.74, 6) is 2.62. The highest BCUT2D eigenvalue weighted by molar-refractivity contribution is 5.78. The fourth-order valence-electron chi connectivity index (χ4n) is 4.20. The van der Waals surface area contributed by atoms with Gasteiger partial charge in [0.1, 0.15) is 12.4 Å². The van der Waals surface area contributed by atoms with E-state index in [-0.39, 0.29) is 12.5 Å². The number of carbonyl (C=O) groups excluding carboxylic acids is 1. The molecule has 1 aromatic heterocycles. The lowest BCUT2D eigenvalue weighted by Crippen LogP contribution is -2.42. The van der Waals surface area contributed by atoms with Crippen molar-refractivity contribution in [1.29, 1.82) is 0 Å². The average Bonchev–Trinajstić information content (AvgIpc) is 2.74. The Morgan fingerprint density at radius 1 is 1.11 bits per heavy atom. The number of amides is 1. The number of ether oxygens (including phenoxy) is 2. The zero-order valence-corrected chi connectivity index (χ0v) is 17.0. The first-order valence-electron chi connectivity index (χ1n) is 10.4. The molecule has 0 unspecified atom stereocenters. The lowest BCUT2D eigenvalue weighted by molar-refractivity contribution is -0.136. The van der Waals surface area contributed by atoms with Crippen LogP contribution in [-0.4, -0.2) is 80.4 Å². The van der Waals surface area contributed by atoms with Crippen LogP contribution in [-0.2, 0) is 27.2 Å². The smallest absolute Gasteiger partial charge is 0.248 e. The molecule has 2 saturated heterocycles. The minimum Gasteiger partial charge on any atom is -0.378 e. The maximum atomic E-state index is 12.4. The van der Waals surface area contributed by atoms with Crippen molar-refractivity contribution in [2.45, 2.75) is 32.7 Å². The first-order chi connectivity index (χ1) is 13.7. The average molecular weight is 390 g/mol. The van der Waals surface area contributed by atoms with Gasteiger partial charge >= 0.3 is 0 Å². The number of hydrogen-bond donors (Lipinski definition) is 0. The Hall–Kier alpha value is -1.93. The van der Waals surface area contributed by atoms with Crippen molar-refractivity contribution in [2.24, 2.45) is 5.92 Å². The zero-order chi connectivity index (χ0) is 19.5. The minimum atomic E-state index is 0.0311. The van der Waals surface area contributed by atoms with Crippen LogP contribution in [0.1, 0.15) is 31.0 Å². The summed E-state index contributed by atoms with van der Waals surface area (Å²) in [6, 6.07) is 0. The van der Waals surface area contributed by atoms with Crippen LogP contribution in [0.2, 0.25) is 0 Å². The highest BCUT2D eigenvalue weighted by Gasteiger charge is 2.30. The van der Waals surface area contributed by atoms with Gasteiger partial charge in [-0.25, -0.2) is 4.98 Å². The van der Waals surface area contributed by atoms with Crippen LogP contribution in [0.25, 0.3) is 0 Å². The minimum absolute atomic E-state index is 0.0311. The van der Waals surface area contributed by atoms with Gasteiger partial charge in [0.05, 0.1) is 25.5 Å². The summed E-state index contributed by atoms with van der Waals surface area (Å²) in [7, 11) is 1.56. The van der Waals surface area contributed by atoms with Gasteiger partial charge in [0, 0.05) is 51.8 Å². The molecule has 154 valence electrons. The van der Waals surface area contributed by atoms with Crippen LogP contribution in [0, 0.1) is 5.92 Å². The molecule has 0 spiro atoms. The molecule has 2 fully saturated rings. The van der Waals surface area contributed by atoms with Crippen molar-refractivity contribution in [3.63, 3.8) is 0 Å². The van der Waals surface area contributed by atoms with Gasteiger partial charge in [-0.15, -0.1) is 0 Å². The van der Waals surface area contributed by atoms with E-state index >= 15 is 0 Å². The van der Waals surface area contributed by atoms with Gasteiger partial charge in [-0.1, -0.05) is 6.92 Å². The molecule has 8 nitrogen and oxygen atoms in total. The summed E-state index contributed by atoms with van der Waals surface area (Å²) in [5.41, 5.74) is 2.20. The highest BCUT2D eigenvalue weighted by Crippen LogP contribution is 2.31. The maximum Gasteiger partial charge on any atom is 0.248 e. The number of carbonyl (C=O) groups is 1. The Labute approximate surface area is 166 Å². The summed E-state index contributed by atoms with van der Waals surface area (Å²) in [5, 5.41) is 0. The molecule has 4 heterocycles. The third-order valence-electron chi connectivity index (χ3n) is 6.02. The van der Waals surface area contributed by atoms with E-state index < -0.39 is 0 Å². The Balaban J connectivity index is 1.65. The molecule has 28 heavy (non-hydrogen) atoms. The van der Waals surface area contributed by atoms with E-state index in [0.717, 1.165) is 74.8 Å². The Kier molecular flexibility index (Phi) is 5.96. The van der Waals surface area contributed by atoms with Crippen LogP contribution in [0.4, 0.5) is 11.8 Å². The molecule has 3 aliphatic heterocycles. The van der Waals surface area contributed by atoms with E-state index in [4.69, 9.17) is 19.4 Å². The van der Waals surface area contributed by atoms with Crippen LogP contribution >= 0.6 is 0 Å². The van der Waals surface area contributed by atoms with Gasteiger partial charge in [0.15, 0.2) is 0 Å². The van der Waals surface area contributed by atoms with Crippen molar-refractivity contribution in [3.8, 4) is 0 Å². The third-order valence-corrected chi connectivity index (χ3v) is 6.02. The highest BCUT2D eigenvalue weighted by atomic mass is 16.5. The normalized spacial score (nSPS) is 21.0. The van der Waals surface area contributed by atoms with Crippen LogP contribution in [0.3, 0.4) is 0 Å². The summed E-state index contributed by atoms with van der Waals surface area (Å²) in [4.78, 5) is 28.8. The Morgan fingerprint density at radius 2 is 1.86 bits per heavy atom. The molecule has 0 radical (unpaired) electrons. The quantitative estimate of drug-likeness (QED) is 0.763. The van der Waals surface area contributed by atoms with Gasteiger partial charge < -0.3 is 24.2 Å². The van der Waals surface area contributed by atoms with Crippen LogP contribution < -0.4 is 9.80 Å². The van der Waals surface area contributed by atoms with Crippen molar-refractivity contribution < 1.29 is 14.3 Å². The number of morpholine rings is 1. The Morgan fingerprint density at radius 3 is 2.57 bits per heavy atom. The summed E-state index contributed by atoms with van der Waals surface area (Å²) in [6.07, 6.45) is 3.12. The van der Waals surface area contributed by atoms with Gasteiger partial charge in [-0.05, 0) is 18.8 Å². The second-order valence-corrected chi connectivity index (χ2v) is 8.04. The van der Waals surface area contributed by atoms with E-state index in [1.165, 1.54) is 12.8 Å². The molecule has 0 bridgehead atoms. The molecular formula is C20H31N5O3. The number of piperidine rings is 1. The largest absolute Gasteiger partial charge is 0.378 e.